The lowest BCUT2D eigenvalue weighted by atomic mass is 10.1. The molecule has 0 aromatic heterocycles. The van der Waals surface area contributed by atoms with Crippen molar-refractivity contribution in [1.29, 1.82) is 0 Å². The Morgan fingerprint density at radius 1 is 1.31 bits per heavy atom. The number of benzene rings is 1. The molecule has 0 saturated heterocycles. The van der Waals surface area contributed by atoms with Crippen molar-refractivity contribution < 1.29 is 9.53 Å². The van der Waals surface area contributed by atoms with Crippen LogP contribution in [0, 0.1) is 0 Å². The van der Waals surface area contributed by atoms with E-state index in [2.05, 4.69) is 18.7 Å². The van der Waals surface area contributed by atoms with Crippen molar-refractivity contribution in [3.05, 3.63) is 29.3 Å². The molecule has 0 atom stereocenters. The van der Waals surface area contributed by atoms with Gasteiger partial charge in [-0.25, -0.2) is 0 Å². The first kappa shape index (κ1) is 12.7. The molecule has 0 aliphatic rings. The summed E-state index contributed by atoms with van der Waals surface area (Å²) in [6.45, 7) is 7.16. The number of carbonyl (C=O) groups is 1. The van der Waals surface area contributed by atoms with Crippen molar-refractivity contribution in [2.45, 2.75) is 20.4 Å². The lowest BCUT2D eigenvalue weighted by molar-refractivity contribution is 0.112. The van der Waals surface area contributed by atoms with Crippen molar-refractivity contribution in [3.63, 3.8) is 0 Å². The third kappa shape index (κ3) is 3.07. The fraction of sp³-hybridized carbons (Fsp3) is 0.462. The molecule has 0 aliphatic heterocycles. The van der Waals surface area contributed by atoms with Gasteiger partial charge in [0.1, 0.15) is 5.75 Å². The van der Waals surface area contributed by atoms with Crippen LogP contribution < -0.4 is 4.74 Å². The average Bonchev–Trinajstić information content (AvgIpc) is 2.35. The molecule has 16 heavy (non-hydrogen) atoms. The van der Waals surface area contributed by atoms with Crippen molar-refractivity contribution >= 4 is 6.29 Å². The topological polar surface area (TPSA) is 29.5 Å². The van der Waals surface area contributed by atoms with Crippen LogP contribution in [0.3, 0.4) is 0 Å². The summed E-state index contributed by atoms with van der Waals surface area (Å²) in [5, 5.41) is 0. The van der Waals surface area contributed by atoms with E-state index < -0.39 is 0 Å². The maximum Gasteiger partial charge on any atom is 0.153 e. The van der Waals surface area contributed by atoms with Gasteiger partial charge in [-0.1, -0.05) is 19.9 Å². The van der Waals surface area contributed by atoms with Crippen LogP contribution in [0.4, 0.5) is 0 Å². The van der Waals surface area contributed by atoms with Crippen molar-refractivity contribution in [3.8, 4) is 5.75 Å². The highest BCUT2D eigenvalue weighted by Crippen LogP contribution is 2.18. The van der Waals surface area contributed by atoms with E-state index in [1.54, 1.807) is 7.11 Å². The summed E-state index contributed by atoms with van der Waals surface area (Å²) in [5.41, 5.74) is 1.76. The Morgan fingerprint density at radius 2 is 2.00 bits per heavy atom. The van der Waals surface area contributed by atoms with Crippen LogP contribution in [0.15, 0.2) is 18.2 Å². The summed E-state index contributed by atoms with van der Waals surface area (Å²) in [5.74, 6) is 0.637. The van der Waals surface area contributed by atoms with Gasteiger partial charge in [0.05, 0.1) is 12.7 Å². The van der Waals surface area contributed by atoms with E-state index >= 15 is 0 Å². The molecular weight excluding hydrogens is 202 g/mol. The van der Waals surface area contributed by atoms with Crippen LogP contribution in [0.1, 0.15) is 29.8 Å². The second-order valence-electron chi connectivity index (χ2n) is 3.66. The second-order valence-corrected chi connectivity index (χ2v) is 3.66. The first-order chi connectivity index (χ1) is 7.74. The van der Waals surface area contributed by atoms with E-state index in [0.29, 0.717) is 11.3 Å². The smallest absolute Gasteiger partial charge is 0.153 e. The van der Waals surface area contributed by atoms with Crippen LogP contribution in [0.25, 0.3) is 0 Å². The molecule has 0 bridgehead atoms. The molecule has 1 rings (SSSR count). The van der Waals surface area contributed by atoms with Crippen LogP contribution in [-0.2, 0) is 6.54 Å². The number of aldehydes is 1. The minimum absolute atomic E-state index is 0.618. The predicted molar refractivity (Wildman–Crippen MR) is 65.0 cm³/mol. The maximum absolute atomic E-state index is 10.9. The summed E-state index contributed by atoms with van der Waals surface area (Å²) < 4.78 is 5.10. The summed E-state index contributed by atoms with van der Waals surface area (Å²) in [4.78, 5) is 13.2. The molecule has 1 aromatic carbocycles. The van der Waals surface area contributed by atoms with Crippen molar-refractivity contribution in [2.75, 3.05) is 20.2 Å². The van der Waals surface area contributed by atoms with Crippen LogP contribution >= 0.6 is 0 Å². The molecule has 0 heterocycles. The minimum atomic E-state index is 0.618. The summed E-state index contributed by atoms with van der Waals surface area (Å²) >= 11 is 0. The Morgan fingerprint density at radius 3 is 2.50 bits per heavy atom. The van der Waals surface area contributed by atoms with Gasteiger partial charge in [0.2, 0.25) is 0 Å². The Labute approximate surface area is 97.0 Å². The van der Waals surface area contributed by atoms with Crippen LogP contribution in [0.2, 0.25) is 0 Å². The highest BCUT2D eigenvalue weighted by atomic mass is 16.5. The molecular formula is C13H19NO2. The third-order valence-corrected chi connectivity index (χ3v) is 2.72. The average molecular weight is 221 g/mol. The zero-order valence-electron chi connectivity index (χ0n) is 10.2. The first-order valence-electron chi connectivity index (χ1n) is 5.59. The SMILES string of the molecule is CCN(CC)Cc1ccc(OC)c(C=O)c1. The number of nitrogens with zero attached hydrogens (tertiary/aromatic N) is 1. The highest BCUT2D eigenvalue weighted by molar-refractivity contribution is 5.79. The fourth-order valence-corrected chi connectivity index (χ4v) is 1.68. The van der Waals surface area contributed by atoms with Gasteiger partial charge < -0.3 is 4.74 Å². The van der Waals surface area contributed by atoms with Gasteiger partial charge in [0.25, 0.3) is 0 Å². The minimum Gasteiger partial charge on any atom is -0.496 e. The predicted octanol–water partition coefficient (Wildman–Crippen LogP) is 2.35. The molecule has 88 valence electrons. The molecule has 0 fully saturated rings. The van der Waals surface area contributed by atoms with Crippen molar-refractivity contribution in [1.82, 2.24) is 4.90 Å². The highest BCUT2D eigenvalue weighted by Gasteiger charge is 2.05. The molecule has 3 heteroatoms. The molecule has 0 spiro atoms. The van der Waals surface area contributed by atoms with E-state index in [0.717, 1.165) is 31.5 Å². The zero-order valence-corrected chi connectivity index (χ0v) is 10.2. The van der Waals surface area contributed by atoms with E-state index in [4.69, 9.17) is 4.74 Å². The van der Waals surface area contributed by atoms with Crippen molar-refractivity contribution in [2.24, 2.45) is 0 Å². The van der Waals surface area contributed by atoms with Crippen LogP contribution in [0.5, 0.6) is 5.75 Å². The molecule has 0 unspecified atom stereocenters. The third-order valence-electron chi connectivity index (χ3n) is 2.72. The number of carbonyl (C=O) groups excluding carboxylic acids is 1. The quantitative estimate of drug-likeness (QED) is 0.691. The van der Waals surface area contributed by atoms with Gasteiger partial charge in [-0.05, 0) is 30.8 Å². The van der Waals surface area contributed by atoms with Gasteiger partial charge in [0, 0.05) is 6.54 Å². The molecule has 0 N–H and O–H groups in total. The largest absolute Gasteiger partial charge is 0.496 e. The Balaban J connectivity index is 2.86. The molecule has 0 saturated carbocycles. The van der Waals surface area contributed by atoms with Gasteiger partial charge in [-0.2, -0.15) is 0 Å². The monoisotopic (exact) mass is 221 g/mol. The number of hydrogen-bond acceptors (Lipinski definition) is 3. The molecule has 0 aliphatic carbocycles. The Bertz CT molecular complexity index is 346. The maximum atomic E-state index is 10.9. The van der Waals surface area contributed by atoms with Crippen LogP contribution in [-0.4, -0.2) is 31.4 Å². The molecule has 0 amide bonds. The van der Waals surface area contributed by atoms with Gasteiger partial charge >= 0.3 is 0 Å². The zero-order chi connectivity index (χ0) is 12.0. The lowest BCUT2D eigenvalue weighted by Crippen LogP contribution is -2.22. The van der Waals surface area contributed by atoms with Gasteiger partial charge in [-0.3, -0.25) is 9.69 Å². The number of hydrogen-bond donors (Lipinski definition) is 0. The molecule has 0 radical (unpaired) electrons. The van der Waals surface area contributed by atoms with E-state index in [9.17, 15) is 4.79 Å². The lowest BCUT2D eigenvalue weighted by Gasteiger charge is -2.18. The summed E-state index contributed by atoms with van der Waals surface area (Å²) in [6.07, 6.45) is 0.838. The number of rotatable bonds is 6. The van der Waals surface area contributed by atoms with E-state index in [1.807, 2.05) is 18.2 Å². The fourth-order valence-electron chi connectivity index (χ4n) is 1.68. The second kappa shape index (κ2) is 6.28. The normalized spacial score (nSPS) is 10.5. The standard InChI is InChI=1S/C13H19NO2/c1-4-14(5-2)9-11-6-7-13(16-3)12(8-11)10-15/h6-8,10H,4-5,9H2,1-3H3. The Hall–Kier alpha value is -1.35. The number of ether oxygens (including phenoxy) is 1. The first-order valence-corrected chi connectivity index (χ1v) is 5.59. The Kier molecular flexibility index (Phi) is 4.99. The summed E-state index contributed by atoms with van der Waals surface area (Å²) in [7, 11) is 1.58. The van der Waals surface area contributed by atoms with Gasteiger partial charge in [-0.15, -0.1) is 0 Å². The molecule has 3 nitrogen and oxygen atoms in total. The van der Waals surface area contributed by atoms with Gasteiger partial charge in [0.15, 0.2) is 6.29 Å². The number of methoxy groups -OCH3 is 1. The summed E-state index contributed by atoms with van der Waals surface area (Å²) in [6, 6.07) is 5.75. The molecule has 1 aromatic rings. The van der Waals surface area contributed by atoms with E-state index in [-0.39, 0.29) is 0 Å². The van der Waals surface area contributed by atoms with E-state index in [1.165, 1.54) is 0 Å².